The van der Waals surface area contributed by atoms with E-state index >= 15 is 0 Å². The van der Waals surface area contributed by atoms with Gasteiger partial charge in [-0.25, -0.2) is 8.78 Å². The molecule has 1 aliphatic rings. The Balaban J connectivity index is 1.53. The number of nitrogens with zero attached hydrogens (tertiary/aromatic N) is 2. The Labute approximate surface area is 184 Å². The molecule has 164 valence electrons. The summed E-state index contributed by atoms with van der Waals surface area (Å²) in [7, 11) is 1.59. The summed E-state index contributed by atoms with van der Waals surface area (Å²) in [6.45, 7) is 0.236. The minimum absolute atomic E-state index is 0.0483. The molecule has 3 aromatic carbocycles. The van der Waals surface area contributed by atoms with Gasteiger partial charge in [0.15, 0.2) is 6.10 Å². The summed E-state index contributed by atoms with van der Waals surface area (Å²) in [4.78, 5) is 20.3. The summed E-state index contributed by atoms with van der Waals surface area (Å²) < 4.78 is 33.0. The zero-order chi connectivity index (χ0) is 22.5. The van der Waals surface area contributed by atoms with Crippen LogP contribution in [0.25, 0.3) is 0 Å². The molecule has 4 rings (SSSR count). The van der Waals surface area contributed by atoms with Gasteiger partial charge in [0.1, 0.15) is 17.4 Å². The molecule has 0 saturated carbocycles. The molecule has 0 aliphatic carbocycles. The highest BCUT2D eigenvalue weighted by Gasteiger charge is 2.29. The lowest BCUT2D eigenvalue weighted by molar-refractivity contribution is 0.0403. The molecule has 0 N–H and O–H groups in total. The van der Waals surface area contributed by atoms with Crippen LogP contribution in [-0.2, 0) is 11.4 Å². The second-order valence-corrected chi connectivity index (χ2v) is 7.45. The van der Waals surface area contributed by atoms with Crippen LogP contribution in [0.3, 0.4) is 0 Å². The number of oxime groups is 1. The first-order valence-electron chi connectivity index (χ1n) is 10.2. The third-order valence-corrected chi connectivity index (χ3v) is 5.27. The van der Waals surface area contributed by atoms with Crippen molar-refractivity contribution in [3.05, 3.63) is 101 Å². The van der Waals surface area contributed by atoms with Crippen LogP contribution >= 0.6 is 0 Å². The molecule has 0 aromatic heterocycles. The van der Waals surface area contributed by atoms with Gasteiger partial charge in [-0.05, 0) is 42.5 Å². The van der Waals surface area contributed by atoms with Gasteiger partial charge in [0, 0.05) is 29.7 Å². The summed E-state index contributed by atoms with van der Waals surface area (Å²) >= 11 is 0. The second-order valence-electron chi connectivity index (χ2n) is 7.45. The van der Waals surface area contributed by atoms with Crippen LogP contribution in [0.5, 0.6) is 5.75 Å². The van der Waals surface area contributed by atoms with E-state index in [-0.39, 0.29) is 19.0 Å². The van der Waals surface area contributed by atoms with E-state index in [0.717, 1.165) is 5.56 Å². The zero-order valence-corrected chi connectivity index (χ0v) is 17.5. The summed E-state index contributed by atoms with van der Waals surface area (Å²) in [6.07, 6.45) is 0.0521. The minimum atomic E-state index is -0.434. The molecule has 1 aliphatic heterocycles. The highest BCUT2D eigenvalue weighted by atomic mass is 19.1. The number of hydrogen-bond acceptors (Lipinski definition) is 4. The quantitative estimate of drug-likeness (QED) is 0.534. The fraction of sp³-hybridized carbons (Fsp3) is 0.200. The van der Waals surface area contributed by atoms with Crippen LogP contribution in [0, 0.1) is 11.6 Å². The van der Waals surface area contributed by atoms with Crippen molar-refractivity contribution in [2.75, 3.05) is 13.7 Å². The number of benzene rings is 3. The first kappa shape index (κ1) is 21.5. The number of ether oxygens (including phenoxy) is 1. The van der Waals surface area contributed by atoms with Gasteiger partial charge >= 0.3 is 0 Å². The summed E-state index contributed by atoms with van der Waals surface area (Å²) in [5.74, 6) is -0.498. The Morgan fingerprint density at radius 3 is 2.53 bits per heavy atom. The maximum absolute atomic E-state index is 14.3. The van der Waals surface area contributed by atoms with E-state index in [2.05, 4.69) is 5.16 Å². The van der Waals surface area contributed by atoms with Crippen molar-refractivity contribution in [2.24, 2.45) is 5.16 Å². The standard InChI is InChI=1S/C25H22F2N2O3/c1-31-24-9-5-3-7-21(24)23-14-20(32-28-23)16-29(15-18-6-2-4-8-22(18)27)25(30)17-10-12-19(26)13-11-17/h2-13,20H,14-16H2,1H3/t20-/m1/s1. The summed E-state index contributed by atoms with van der Waals surface area (Å²) in [5, 5.41) is 4.19. The number of carbonyl (C=O) groups is 1. The van der Waals surface area contributed by atoms with E-state index in [1.807, 2.05) is 24.3 Å². The number of rotatable bonds is 7. The molecule has 1 heterocycles. The SMILES string of the molecule is COc1ccccc1C1=NO[C@@H](CN(Cc2ccccc2F)C(=O)c2ccc(F)cc2)C1. The van der Waals surface area contributed by atoms with Crippen molar-refractivity contribution in [3.8, 4) is 5.75 Å². The molecular formula is C25H22F2N2O3. The number of hydrogen-bond donors (Lipinski definition) is 0. The number of carbonyl (C=O) groups excluding carboxylic acids is 1. The molecule has 1 amide bonds. The highest BCUT2D eigenvalue weighted by Crippen LogP contribution is 2.25. The predicted molar refractivity (Wildman–Crippen MR) is 117 cm³/mol. The Kier molecular flexibility index (Phi) is 6.44. The molecule has 0 radical (unpaired) electrons. The van der Waals surface area contributed by atoms with Crippen molar-refractivity contribution in [3.63, 3.8) is 0 Å². The molecule has 7 heteroatoms. The average Bonchev–Trinajstić information content (AvgIpc) is 3.28. The Morgan fingerprint density at radius 1 is 1.06 bits per heavy atom. The second kappa shape index (κ2) is 9.60. The first-order chi connectivity index (χ1) is 15.5. The topological polar surface area (TPSA) is 51.1 Å². The molecule has 5 nitrogen and oxygen atoms in total. The fourth-order valence-corrected chi connectivity index (χ4v) is 3.64. The predicted octanol–water partition coefficient (Wildman–Crippen LogP) is 4.81. The summed E-state index contributed by atoms with van der Waals surface area (Å²) in [6, 6.07) is 19.1. The van der Waals surface area contributed by atoms with Crippen LogP contribution in [0.2, 0.25) is 0 Å². The normalized spacial score (nSPS) is 15.1. The monoisotopic (exact) mass is 436 g/mol. The van der Waals surface area contributed by atoms with Crippen LogP contribution in [-0.4, -0.2) is 36.3 Å². The Bertz CT molecular complexity index is 1130. The van der Waals surface area contributed by atoms with E-state index in [0.29, 0.717) is 29.0 Å². The van der Waals surface area contributed by atoms with Gasteiger partial charge in [0.25, 0.3) is 5.91 Å². The molecule has 0 bridgehead atoms. The number of amides is 1. The van der Waals surface area contributed by atoms with E-state index in [1.54, 1.807) is 25.3 Å². The maximum Gasteiger partial charge on any atom is 0.254 e. The smallest absolute Gasteiger partial charge is 0.254 e. The summed E-state index contributed by atoms with van der Waals surface area (Å²) in [5.41, 5.74) is 2.23. The van der Waals surface area contributed by atoms with Gasteiger partial charge in [0.2, 0.25) is 0 Å². The maximum atomic E-state index is 14.3. The molecule has 32 heavy (non-hydrogen) atoms. The molecule has 1 atom stereocenters. The molecular weight excluding hydrogens is 414 g/mol. The largest absolute Gasteiger partial charge is 0.496 e. The Hall–Kier alpha value is -3.74. The van der Waals surface area contributed by atoms with Crippen molar-refractivity contribution in [1.29, 1.82) is 0 Å². The van der Waals surface area contributed by atoms with E-state index in [4.69, 9.17) is 9.57 Å². The fourth-order valence-electron chi connectivity index (χ4n) is 3.64. The number of para-hydroxylation sites is 1. The molecule has 0 saturated heterocycles. The van der Waals surface area contributed by atoms with Gasteiger partial charge in [-0.1, -0.05) is 35.5 Å². The lowest BCUT2D eigenvalue weighted by Crippen LogP contribution is -2.37. The van der Waals surface area contributed by atoms with Crippen molar-refractivity contribution < 1.29 is 23.1 Å². The van der Waals surface area contributed by atoms with Crippen molar-refractivity contribution >= 4 is 11.6 Å². The van der Waals surface area contributed by atoms with Gasteiger partial charge in [-0.2, -0.15) is 0 Å². The molecule has 0 spiro atoms. The third kappa shape index (κ3) is 4.77. The lowest BCUT2D eigenvalue weighted by atomic mass is 10.0. The van der Waals surface area contributed by atoms with Crippen LogP contribution in [0.1, 0.15) is 27.9 Å². The third-order valence-electron chi connectivity index (χ3n) is 5.27. The zero-order valence-electron chi connectivity index (χ0n) is 17.5. The van der Waals surface area contributed by atoms with Crippen molar-refractivity contribution in [1.82, 2.24) is 4.90 Å². The Morgan fingerprint density at radius 2 is 1.78 bits per heavy atom. The number of methoxy groups -OCH3 is 1. The minimum Gasteiger partial charge on any atom is -0.496 e. The van der Waals surface area contributed by atoms with Crippen molar-refractivity contribution in [2.45, 2.75) is 19.1 Å². The molecule has 3 aromatic rings. The number of halogens is 2. The molecule has 0 fully saturated rings. The van der Waals surface area contributed by atoms with Gasteiger partial charge in [0.05, 0.1) is 19.4 Å². The highest BCUT2D eigenvalue weighted by molar-refractivity contribution is 6.03. The van der Waals surface area contributed by atoms with E-state index < -0.39 is 17.7 Å². The van der Waals surface area contributed by atoms with E-state index in [9.17, 15) is 13.6 Å². The average molecular weight is 436 g/mol. The van der Waals surface area contributed by atoms with Crippen LogP contribution < -0.4 is 4.74 Å². The van der Waals surface area contributed by atoms with Gasteiger partial charge in [-0.15, -0.1) is 0 Å². The van der Waals surface area contributed by atoms with Crippen LogP contribution in [0.15, 0.2) is 78.0 Å². The van der Waals surface area contributed by atoms with Crippen LogP contribution in [0.4, 0.5) is 8.78 Å². The van der Waals surface area contributed by atoms with E-state index in [1.165, 1.54) is 35.2 Å². The first-order valence-corrected chi connectivity index (χ1v) is 10.2. The molecule has 0 unspecified atom stereocenters. The van der Waals surface area contributed by atoms with Gasteiger partial charge in [-0.3, -0.25) is 4.79 Å². The van der Waals surface area contributed by atoms with Gasteiger partial charge < -0.3 is 14.5 Å². The lowest BCUT2D eigenvalue weighted by Gasteiger charge is -2.25.